The van der Waals surface area contributed by atoms with Crippen molar-refractivity contribution < 1.29 is 14.3 Å². The van der Waals surface area contributed by atoms with Crippen LogP contribution in [0.5, 0.6) is 11.5 Å². The van der Waals surface area contributed by atoms with E-state index in [-0.39, 0.29) is 11.8 Å². The first kappa shape index (κ1) is 18.3. The van der Waals surface area contributed by atoms with Gasteiger partial charge in [-0.15, -0.1) is 0 Å². The average molecular weight is 379 g/mol. The lowest BCUT2D eigenvalue weighted by atomic mass is 10.1. The molecule has 6 nitrogen and oxygen atoms in total. The number of imidazole rings is 1. The molecule has 0 saturated carbocycles. The van der Waals surface area contributed by atoms with Crippen LogP contribution < -0.4 is 9.47 Å². The molecule has 1 amide bonds. The number of ether oxygens (including phenoxy) is 2. The fourth-order valence-corrected chi connectivity index (χ4v) is 3.78. The molecular formula is C22H25N3O3. The van der Waals surface area contributed by atoms with Gasteiger partial charge in [-0.05, 0) is 30.7 Å². The second-order valence-corrected chi connectivity index (χ2v) is 7.17. The number of likely N-dealkylation sites (N-methyl/N-ethyl adjacent to an activating group) is 1. The van der Waals surface area contributed by atoms with Crippen molar-refractivity contribution >= 4 is 16.9 Å². The minimum atomic E-state index is 0.143. The number of methoxy groups -OCH3 is 1. The molecule has 2 aromatic carbocycles. The summed E-state index contributed by atoms with van der Waals surface area (Å²) in [6.07, 6.45) is 1.38. The Morgan fingerprint density at radius 3 is 2.75 bits per heavy atom. The van der Waals surface area contributed by atoms with Gasteiger partial charge in [-0.25, -0.2) is 4.98 Å². The molecule has 3 aromatic rings. The summed E-state index contributed by atoms with van der Waals surface area (Å²) in [5.74, 6) is 2.92. The number of carbonyl (C=O) groups excluding carboxylic acids is 1. The van der Waals surface area contributed by atoms with E-state index in [2.05, 4.69) is 10.6 Å². The third kappa shape index (κ3) is 3.67. The maximum Gasteiger partial charge on any atom is 0.223 e. The first-order valence-electron chi connectivity index (χ1n) is 9.61. The van der Waals surface area contributed by atoms with Crippen molar-refractivity contribution in [1.82, 2.24) is 14.5 Å². The van der Waals surface area contributed by atoms with E-state index in [1.54, 1.807) is 12.0 Å². The fraction of sp³-hybridized carbons (Fsp3) is 0.364. The smallest absolute Gasteiger partial charge is 0.223 e. The summed E-state index contributed by atoms with van der Waals surface area (Å²) in [6.45, 7) is 2.12. The predicted molar refractivity (Wildman–Crippen MR) is 108 cm³/mol. The molecule has 0 spiro atoms. The lowest BCUT2D eigenvalue weighted by Crippen LogP contribution is -2.19. The average Bonchev–Trinajstić information content (AvgIpc) is 3.25. The zero-order valence-corrected chi connectivity index (χ0v) is 16.3. The van der Waals surface area contributed by atoms with Crippen LogP contribution in [0.25, 0.3) is 11.0 Å². The molecule has 1 aliphatic heterocycles. The van der Waals surface area contributed by atoms with Crippen molar-refractivity contribution in [2.24, 2.45) is 0 Å². The SMILES string of the molecule is COc1cccc(OCCCn2c(C3CC(=O)N(C)C3)nc3ccccc32)c1. The molecule has 1 aromatic heterocycles. The molecule has 28 heavy (non-hydrogen) atoms. The molecule has 1 unspecified atom stereocenters. The first-order valence-corrected chi connectivity index (χ1v) is 9.61. The molecule has 0 bridgehead atoms. The topological polar surface area (TPSA) is 56.6 Å². The summed E-state index contributed by atoms with van der Waals surface area (Å²) < 4.78 is 13.4. The Morgan fingerprint density at radius 1 is 1.14 bits per heavy atom. The highest BCUT2D eigenvalue weighted by Crippen LogP contribution is 2.30. The van der Waals surface area contributed by atoms with E-state index in [1.807, 2.05) is 49.5 Å². The Labute approximate surface area is 164 Å². The summed E-state index contributed by atoms with van der Waals surface area (Å²) in [5, 5.41) is 0. The van der Waals surface area contributed by atoms with Crippen LogP contribution in [0.2, 0.25) is 0 Å². The third-order valence-corrected chi connectivity index (χ3v) is 5.23. The van der Waals surface area contributed by atoms with Crippen LogP contribution in [0.1, 0.15) is 24.6 Å². The van der Waals surface area contributed by atoms with Gasteiger partial charge in [0.25, 0.3) is 0 Å². The molecule has 1 fully saturated rings. The van der Waals surface area contributed by atoms with Gasteiger partial charge in [0.2, 0.25) is 5.91 Å². The minimum Gasteiger partial charge on any atom is -0.497 e. The Bertz CT molecular complexity index is 982. The van der Waals surface area contributed by atoms with E-state index < -0.39 is 0 Å². The molecule has 0 radical (unpaired) electrons. The van der Waals surface area contributed by atoms with Crippen LogP contribution in [0.15, 0.2) is 48.5 Å². The Kier molecular flexibility index (Phi) is 5.19. The highest BCUT2D eigenvalue weighted by Gasteiger charge is 2.31. The fourth-order valence-electron chi connectivity index (χ4n) is 3.78. The molecular weight excluding hydrogens is 354 g/mol. The van der Waals surface area contributed by atoms with Gasteiger partial charge in [-0.3, -0.25) is 4.79 Å². The van der Waals surface area contributed by atoms with Gasteiger partial charge in [0, 0.05) is 38.5 Å². The minimum absolute atomic E-state index is 0.143. The molecule has 0 aliphatic carbocycles. The normalized spacial score (nSPS) is 16.7. The van der Waals surface area contributed by atoms with Gasteiger partial charge in [-0.2, -0.15) is 0 Å². The number of hydrogen-bond acceptors (Lipinski definition) is 4. The molecule has 1 aliphatic rings. The summed E-state index contributed by atoms with van der Waals surface area (Å²) in [7, 11) is 3.51. The summed E-state index contributed by atoms with van der Waals surface area (Å²) >= 11 is 0. The number of likely N-dealkylation sites (tertiary alicyclic amines) is 1. The quantitative estimate of drug-likeness (QED) is 0.590. The number of nitrogens with zero attached hydrogens (tertiary/aromatic N) is 3. The van der Waals surface area contributed by atoms with Gasteiger partial charge in [0.1, 0.15) is 17.3 Å². The highest BCUT2D eigenvalue weighted by molar-refractivity contribution is 5.80. The van der Waals surface area contributed by atoms with Crippen LogP contribution in [0.3, 0.4) is 0 Å². The summed E-state index contributed by atoms with van der Waals surface area (Å²) in [4.78, 5) is 18.7. The molecule has 0 N–H and O–H groups in total. The van der Waals surface area contributed by atoms with Crippen LogP contribution in [0, 0.1) is 0 Å². The Hall–Kier alpha value is -3.02. The van der Waals surface area contributed by atoms with Crippen molar-refractivity contribution in [3.63, 3.8) is 0 Å². The Balaban J connectivity index is 1.48. The van der Waals surface area contributed by atoms with Crippen molar-refractivity contribution in [3.8, 4) is 11.5 Å². The summed E-state index contributed by atoms with van der Waals surface area (Å²) in [5.41, 5.74) is 2.09. The van der Waals surface area contributed by atoms with Crippen molar-refractivity contribution in [2.45, 2.75) is 25.3 Å². The number of fused-ring (bicyclic) bond motifs is 1. The number of carbonyl (C=O) groups is 1. The van der Waals surface area contributed by atoms with Gasteiger partial charge >= 0.3 is 0 Å². The number of hydrogen-bond donors (Lipinski definition) is 0. The maximum atomic E-state index is 12.0. The van der Waals surface area contributed by atoms with Gasteiger partial charge in [0.15, 0.2) is 0 Å². The number of benzene rings is 2. The van der Waals surface area contributed by atoms with Crippen LogP contribution in [-0.4, -0.2) is 47.7 Å². The lowest BCUT2D eigenvalue weighted by Gasteiger charge is -2.14. The van der Waals surface area contributed by atoms with Crippen molar-refractivity contribution in [1.29, 1.82) is 0 Å². The van der Waals surface area contributed by atoms with Crippen LogP contribution in [0.4, 0.5) is 0 Å². The molecule has 1 atom stereocenters. The van der Waals surface area contributed by atoms with E-state index in [1.165, 1.54) is 0 Å². The number of rotatable bonds is 7. The predicted octanol–water partition coefficient (Wildman–Crippen LogP) is 3.46. The summed E-state index contributed by atoms with van der Waals surface area (Å²) in [6, 6.07) is 15.8. The number of amides is 1. The zero-order chi connectivity index (χ0) is 19.5. The van der Waals surface area contributed by atoms with Gasteiger partial charge < -0.3 is 18.9 Å². The number of aryl methyl sites for hydroxylation is 1. The van der Waals surface area contributed by atoms with E-state index in [9.17, 15) is 4.79 Å². The van der Waals surface area contributed by atoms with E-state index in [0.717, 1.165) is 47.9 Å². The zero-order valence-electron chi connectivity index (χ0n) is 16.3. The number of aromatic nitrogens is 2. The molecule has 4 rings (SSSR count). The molecule has 146 valence electrons. The largest absolute Gasteiger partial charge is 0.497 e. The Morgan fingerprint density at radius 2 is 1.96 bits per heavy atom. The van der Waals surface area contributed by atoms with Gasteiger partial charge in [-0.1, -0.05) is 18.2 Å². The van der Waals surface area contributed by atoms with Crippen molar-refractivity contribution in [3.05, 3.63) is 54.4 Å². The number of para-hydroxylation sites is 2. The molecule has 6 heteroatoms. The van der Waals surface area contributed by atoms with E-state index in [0.29, 0.717) is 13.0 Å². The molecule has 2 heterocycles. The van der Waals surface area contributed by atoms with E-state index >= 15 is 0 Å². The van der Waals surface area contributed by atoms with Crippen molar-refractivity contribution in [2.75, 3.05) is 27.3 Å². The first-order chi connectivity index (χ1) is 13.7. The third-order valence-electron chi connectivity index (χ3n) is 5.23. The monoisotopic (exact) mass is 379 g/mol. The second kappa shape index (κ2) is 7.92. The van der Waals surface area contributed by atoms with Crippen LogP contribution in [-0.2, 0) is 11.3 Å². The van der Waals surface area contributed by atoms with Gasteiger partial charge in [0.05, 0.1) is 24.8 Å². The van der Waals surface area contributed by atoms with E-state index in [4.69, 9.17) is 14.5 Å². The highest BCUT2D eigenvalue weighted by atomic mass is 16.5. The maximum absolute atomic E-state index is 12.0. The lowest BCUT2D eigenvalue weighted by molar-refractivity contribution is -0.126. The second-order valence-electron chi connectivity index (χ2n) is 7.17. The standard InChI is InChI=1S/C22H25N3O3/c1-24-15-16(13-21(24)26)22-23-19-9-3-4-10-20(19)25(22)11-6-12-28-18-8-5-7-17(14-18)27-2/h3-5,7-10,14,16H,6,11-13,15H2,1-2H3. The van der Waals surface area contributed by atoms with Crippen LogP contribution >= 0.6 is 0 Å². The molecule has 1 saturated heterocycles.